The van der Waals surface area contributed by atoms with Crippen LogP contribution < -0.4 is 4.74 Å². The fraction of sp³-hybridized carbons (Fsp3) is 0.250. The Balaban J connectivity index is 1.33. The summed E-state index contributed by atoms with van der Waals surface area (Å²) in [6.45, 7) is 2.09. The Morgan fingerprint density at radius 3 is 2.59 bits per heavy atom. The summed E-state index contributed by atoms with van der Waals surface area (Å²) in [6, 6.07) is 11.0. The lowest BCUT2D eigenvalue weighted by atomic mass is 10.0. The number of halogens is 6. The lowest BCUT2D eigenvalue weighted by molar-refractivity contribution is -0.139. The van der Waals surface area contributed by atoms with Crippen molar-refractivity contribution in [1.82, 2.24) is 24.4 Å². The molecule has 0 unspecified atom stereocenters. The molecule has 0 radical (unpaired) electrons. The maximum absolute atomic E-state index is 15.6. The van der Waals surface area contributed by atoms with E-state index >= 15 is 4.39 Å². The van der Waals surface area contributed by atoms with E-state index in [1.54, 1.807) is 23.8 Å². The molecule has 1 aliphatic rings. The number of fused-ring (bicyclic) bond motifs is 2. The Kier molecular flexibility index (Phi) is 8.38. The molecule has 0 amide bonds. The maximum Gasteiger partial charge on any atom is 0.421 e. The van der Waals surface area contributed by atoms with Crippen molar-refractivity contribution in [2.24, 2.45) is 0 Å². The van der Waals surface area contributed by atoms with Crippen LogP contribution in [0.1, 0.15) is 49.8 Å². The van der Waals surface area contributed by atoms with Gasteiger partial charge in [0.15, 0.2) is 5.82 Å². The van der Waals surface area contributed by atoms with Crippen LogP contribution in [-0.4, -0.2) is 42.0 Å². The summed E-state index contributed by atoms with van der Waals surface area (Å²) in [7, 11) is 0. The Morgan fingerprint density at radius 2 is 1.87 bits per heavy atom. The van der Waals surface area contributed by atoms with E-state index in [1.165, 1.54) is 18.2 Å². The highest BCUT2D eigenvalue weighted by Gasteiger charge is 2.37. The molecule has 3 aromatic heterocycles. The molecule has 0 atom stereocenters. The third-order valence-electron chi connectivity index (χ3n) is 7.88. The van der Waals surface area contributed by atoms with Gasteiger partial charge in [-0.2, -0.15) is 13.2 Å². The first-order chi connectivity index (χ1) is 21.9. The summed E-state index contributed by atoms with van der Waals surface area (Å²) >= 11 is 5.78. The third kappa shape index (κ3) is 6.24. The van der Waals surface area contributed by atoms with Gasteiger partial charge in [-0.15, -0.1) is 0 Å². The zero-order chi connectivity index (χ0) is 32.7. The van der Waals surface area contributed by atoms with Crippen LogP contribution in [0.3, 0.4) is 0 Å². The van der Waals surface area contributed by atoms with Gasteiger partial charge in [0.05, 0.1) is 29.9 Å². The normalized spacial score (nSPS) is 13.6. The number of alkyl halides is 3. The van der Waals surface area contributed by atoms with Crippen molar-refractivity contribution in [2.45, 2.75) is 45.8 Å². The van der Waals surface area contributed by atoms with Crippen LogP contribution >= 0.6 is 11.6 Å². The minimum Gasteiger partial charge on any atom is -0.478 e. The molecule has 2 aromatic carbocycles. The van der Waals surface area contributed by atoms with Crippen molar-refractivity contribution >= 4 is 28.6 Å². The number of hydrogen-bond acceptors (Lipinski definition) is 6. The largest absolute Gasteiger partial charge is 0.478 e. The number of imidazole rings is 1. The first kappa shape index (κ1) is 31.4. The number of ether oxygens (including phenoxy) is 1. The summed E-state index contributed by atoms with van der Waals surface area (Å²) in [6.07, 6.45) is -2.90. The number of carboxylic acid groups (broad SMARTS) is 1. The van der Waals surface area contributed by atoms with Gasteiger partial charge in [0, 0.05) is 35.6 Å². The molecule has 5 aromatic rings. The first-order valence-electron chi connectivity index (χ1n) is 14.1. The van der Waals surface area contributed by atoms with Gasteiger partial charge in [0.2, 0.25) is 5.88 Å². The van der Waals surface area contributed by atoms with Crippen LogP contribution in [0.5, 0.6) is 5.88 Å². The van der Waals surface area contributed by atoms with E-state index in [-0.39, 0.29) is 47.7 Å². The first-order valence-corrected chi connectivity index (χ1v) is 14.5. The van der Waals surface area contributed by atoms with Gasteiger partial charge in [0.1, 0.15) is 29.3 Å². The zero-order valence-corrected chi connectivity index (χ0v) is 25.0. The molecule has 4 heterocycles. The molecule has 0 saturated heterocycles. The van der Waals surface area contributed by atoms with Crippen LogP contribution in [0, 0.1) is 18.6 Å². The van der Waals surface area contributed by atoms with Crippen molar-refractivity contribution in [3.05, 3.63) is 116 Å². The molecule has 0 spiro atoms. The standard InChI is InChI=1S/C32H25ClF5N5O3/c1-17-19(3-2-9-39-17)13-43-27(40-25-7-6-22(31(44)45)28(35)29(25)43)15-42-10-8-18-11-23(32(36,37)38)30(41-26(18)14-42)46-16-20-4-5-21(33)12-24(20)34/h2-7,9,11-12H,8,10,13-16H2,1H3,(H,44,45). The number of carboxylic acids is 1. The SMILES string of the molecule is Cc1ncccc1Cn1c(CN2CCc3cc(C(F)(F)F)c(OCc4ccc(Cl)cc4F)nc3C2)nc2ccc(C(=O)O)c(F)c21. The van der Waals surface area contributed by atoms with Crippen LogP contribution in [0.4, 0.5) is 22.0 Å². The highest BCUT2D eigenvalue weighted by molar-refractivity contribution is 6.30. The summed E-state index contributed by atoms with van der Waals surface area (Å²) in [4.78, 5) is 26.7. The monoisotopic (exact) mass is 657 g/mol. The second kappa shape index (κ2) is 12.3. The topological polar surface area (TPSA) is 93.4 Å². The lowest BCUT2D eigenvalue weighted by Gasteiger charge is -2.29. The van der Waals surface area contributed by atoms with E-state index in [1.807, 2.05) is 11.0 Å². The molecule has 238 valence electrons. The van der Waals surface area contributed by atoms with E-state index in [0.29, 0.717) is 29.3 Å². The van der Waals surface area contributed by atoms with Crippen molar-refractivity contribution in [3.8, 4) is 5.88 Å². The third-order valence-corrected chi connectivity index (χ3v) is 8.11. The zero-order valence-electron chi connectivity index (χ0n) is 24.2. The molecule has 1 N–H and O–H groups in total. The summed E-state index contributed by atoms with van der Waals surface area (Å²) in [5.41, 5.74) is 0.947. The van der Waals surface area contributed by atoms with Gasteiger partial charge >= 0.3 is 12.1 Å². The molecular weight excluding hydrogens is 633 g/mol. The minimum absolute atomic E-state index is 0.0136. The number of pyridine rings is 2. The summed E-state index contributed by atoms with van der Waals surface area (Å²) < 4.78 is 78.9. The highest BCUT2D eigenvalue weighted by Crippen LogP contribution is 2.38. The molecule has 1 aliphatic heterocycles. The minimum atomic E-state index is -4.76. The number of hydrogen-bond donors (Lipinski definition) is 1. The van der Waals surface area contributed by atoms with E-state index in [4.69, 9.17) is 16.3 Å². The number of rotatable bonds is 8. The molecule has 8 nitrogen and oxygen atoms in total. The van der Waals surface area contributed by atoms with Gasteiger partial charge in [-0.05, 0) is 60.9 Å². The number of benzene rings is 2. The smallest absolute Gasteiger partial charge is 0.421 e. The summed E-state index contributed by atoms with van der Waals surface area (Å²) in [5, 5.41) is 9.67. The lowest BCUT2D eigenvalue weighted by Crippen LogP contribution is -2.32. The number of aromatic carboxylic acids is 1. The molecule has 46 heavy (non-hydrogen) atoms. The predicted molar refractivity (Wildman–Crippen MR) is 158 cm³/mol. The fourth-order valence-corrected chi connectivity index (χ4v) is 5.63. The average Bonchev–Trinajstić information content (AvgIpc) is 3.34. The fourth-order valence-electron chi connectivity index (χ4n) is 5.47. The number of aryl methyl sites for hydroxylation is 1. The van der Waals surface area contributed by atoms with Gasteiger partial charge in [0.25, 0.3) is 0 Å². The number of carbonyl (C=O) groups is 1. The van der Waals surface area contributed by atoms with Crippen LogP contribution in [0.2, 0.25) is 5.02 Å². The predicted octanol–water partition coefficient (Wildman–Crippen LogP) is 6.97. The van der Waals surface area contributed by atoms with E-state index in [0.717, 1.165) is 23.8 Å². The number of aromatic nitrogens is 4. The molecular formula is C32H25ClF5N5O3. The quantitative estimate of drug-likeness (QED) is 0.180. The molecule has 0 saturated carbocycles. The summed E-state index contributed by atoms with van der Waals surface area (Å²) in [5.74, 6) is -3.31. The van der Waals surface area contributed by atoms with E-state index in [2.05, 4.69) is 15.0 Å². The Bertz CT molecular complexity index is 1980. The van der Waals surface area contributed by atoms with E-state index < -0.39 is 47.4 Å². The van der Waals surface area contributed by atoms with Gasteiger partial charge in [-0.3, -0.25) is 9.88 Å². The van der Waals surface area contributed by atoms with Crippen molar-refractivity contribution in [1.29, 1.82) is 0 Å². The van der Waals surface area contributed by atoms with Crippen LogP contribution in [-0.2, 0) is 38.8 Å². The Morgan fingerprint density at radius 1 is 1.07 bits per heavy atom. The molecule has 6 rings (SSSR count). The van der Waals surface area contributed by atoms with Crippen LogP contribution in [0.15, 0.2) is 54.7 Å². The highest BCUT2D eigenvalue weighted by atomic mass is 35.5. The molecule has 0 bridgehead atoms. The van der Waals surface area contributed by atoms with E-state index in [9.17, 15) is 27.5 Å². The van der Waals surface area contributed by atoms with Gasteiger partial charge < -0.3 is 14.4 Å². The van der Waals surface area contributed by atoms with Crippen molar-refractivity contribution in [2.75, 3.05) is 6.54 Å². The Hall–Kier alpha value is -4.62. The molecule has 14 heteroatoms. The second-order valence-electron chi connectivity index (χ2n) is 10.9. The second-order valence-corrected chi connectivity index (χ2v) is 11.3. The maximum atomic E-state index is 15.6. The molecule has 0 fully saturated rings. The van der Waals surface area contributed by atoms with Crippen LogP contribution in [0.25, 0.3) is 11.0 Å². The average molecular weight is 658 g/mol. The number of nitrogens with zero attached hydrogens (tertiary/aromatic N) is 5. The van der Waals surface area contributed by atoms with Crippen molar-refractivity contribution in [3.63, 3.8) is 0 Å². The van der Waals surface area contributed by atoms with Gasteiger partial charge in [-0.25, -0.2) is 23.5 Å². The van der Waals surface area contributed by atoms with Crippen molar-refractivity contribution < 1.29 is 36.6 Å². The Labute approximate surface area is 264 Å². The van der Waals surface area contributed by atoms with Gasteiger partial charge in [-0.1, -0.05) is 23.7 Å². The molecule has 0 aliphatic carbocycles.